The zero-order valence-electron chi connectivity index (χ0n) is 13.6. The van der Waals surface area contributed by atoms with Crippen LogP contribution in [0.4, 0.5) is 5.69 Å². The SMILES string of the molecule is O=C(c1csnn1)N1CCC2(CCCN(c3ccncc3)C2)CC1. The molecule has 0 unspecified atom stereocenters. The second kappa shape index (κ2) is 6.47. The van der Waals surface area contributed by atoms with Crippen LogP contribution in [0.25, 0.3) is 0 Å². The van der Waals surface area contributed by atoms with E-state index in [1.165, 1.54) is 30.1 Å². The molecule has 2 aromatic rings. The highest BCUT2D eigenvalue weighted by Crippen LogP contribution is 2.41. The van der Waals surface area contributed by atoms with Crippen LogP contribution in [0.15, 0.2) is 29.9 Å². The van der Waals surface area contributed by atoms with Crippen LogP contribution in [0.5, 0.6) is 0 Å². The van der Waals surface area contributed by atoms with Crippen LogP contribution in [0.3, 0.4) is 0 Å². The van der Waals surface area contributed by atoms with Gasteiger partial charge in [-0.1, -0.05) is 4.49 Å². The molecule has 0 bridgehead atoms. The van der Waals surface area contributed by atoms with Crippen molar-refractivity contribution in [1.82, 2.24) is 19.5 Å². The van der Waals surface area contributed by atoms with Crippen LogP contribution in [-0.2, 0) is 0 Å². The van der Waals surface area contributed by atoms with E-state index in [4.69, 9.17) is 0 Å². The molecule has 126 valence electrons. The molecule has 2 aliphatic rings. The van der Waals surface area contributed by atoms with Gasteiger partial charge in [-0.05, 0) is 54.8 Å². The molecule has 4 rings (SSSR count). The van der Waals surface area contributed by atoms with Crippen molar-refractivity contribution < 1.29 is 4.79 Å². The first-order valence-corrected chi connectivity index (χ1v) is 9.31. The summed E-state index contributed by atoms with van der Waals surface area (Å²) in [7, 11) is 0. The van der Waals surface area contributed by atoms with Crippen molar-refractivity contribution in [2.45, 2.75) is 25.7 Å². The molecule has 24 heavy (non-hydrogen) atoms. The van der Waals surface area contributed by atoms with Crippen molar-refractivity contribution >= 4 is 23.1 Å². The van der Waals surface area contributed by atoms with E-state index in [1.807, 2.05) is 17.3 Å². The average molecular weight is 343 g/mol. The minimum Gasteiger partial charge on any atom is -0.371 e. The summed E-state index contributed by atoms with van der Waals surface area (Å²) >= 11 is 1.23. The molecule has 2 aliphatic heterocycles. The van der Waals surface area contributed by atoms with Crippen molar-refractivity contribution in [3.05, 3.63) is 35.6 Å². The smallest absolute Gasteiger partial charge is 0.275 e. The number of nitrogens with zero attached hydrogens (tertiary/aromatic N) is 5. The molecule has 1 amide bonds. The number of rotatable bonds is 2. The third-order valence-electron chi connectivity index (χ3n) is 5.38. The Hall–Kier alpha value is -2.02. The molecule has 0 atom stereocenters. The van der Waals surface area contributed by atoms with Crippen molar-refractivity contribution in [2.75, 3.05) is 31.1 Å². The summed E-state index contributed by atoms with van der Waals surface area (Å²) in [6.45, 7) is 3.83. The Morgan fingerprint density at radius 2 is 1.92 bits per heavy atom. The molecule has 1 spiro atoms. The van der Waals surface area contributed by atoms with Crippen LogP contribution in [0.2, 0.25) is 0 Å². The summed E-state index contributed by atoms with van der Waals surface area (Å²) in [6, 6.07) is 4.18. The topological polar surface area (TPSA) is 62.2 Å². The quantitative estimate of drug-likeness (QED) is 0.838. The van der Waals surface area contributed by atoms with E-state index < -0.39 is 0 Å². The number of amides is 1. The minimum atomic E-state index is 0.0281. The van der Waals surface area contributed by atoms with Crippen LogP contribution in [0, 0.1) is 5.41 Å². The molecular weight excluding hydrogens is 322 g/mol. The van der Waals surface area contributed by atoms with E-state index in [9.17, 15) is 4.79 Å². The highest BCUT2D eigenvalue weighted by atomic mass is 32.1. The van der Waals surface area contributed by atoms with Crippen LogP contribution < -0.4 is 4.90 Å². The van der Waals surface area contributed by atoms with Gasteiger partial charge in [-0.15, -0.1) is 5.10 Å². The number of aromatic nitrogens is 3. The van der Waals surface area contributed by atoms with Gasteiger partial charge in [0.2, 0.25) is 0 Å². The lowest BCUT2D eigenvalue weighted by atomic mass is 9.72. The molecule has 2 fully saturated rings. The number of carbonyl (C=O) groups excluding carboxylic acids is 1. The summed E-state index contributed by atoms with van der Waals surface area (Å²) in [5, 5.41) is 5.64. The Kier molecular flexibility index (Phi) is 4.18. The minimum absolute atomic E-state index is 0.0281. The second-order valence-electron chi connectivity index (χ2n) is 6.81. The predicted octanol–water partition coefficient (Wildman–Crippen LogP) is 2.46. The zero-order chi connectivity index (χ0) is 16.4. The lowest BCUT2D eigenvalue weighted by Crippen LogP contribution is -2.50. The van der Waals surface area contributed by atoms with E-state index >= 15 is 0 Å². The van der Waals surface area contributed by atoms with E-state index in [1.54, 1.807) is 5.38 Å². The number of likely N-dealkylation sites (tertiary alicyclic amines) is 1. The van der Waals surface area contributed by atoms with Crippen LogP contribution in [0.1, 0.15) is 36.2 Å². The Bertz CT molecular complexity index is 682. The third kappa shape index (κ3) is 3.00. The Morgan fingerprint density at radius 1 is 1.12 bits per heavy atom. The van der Waals surface area contributed by atoms with Gasteiger partial charge in [0.15, 0.2) is 5.69 Å². The first kappa shape index (κ1) is 15.5. The average Bonchev–Trinajstić information content (AvgIpc) is 3.17. The number of anilines is 1. The van der Waals surface area contributed by atoms with Gasteiger partial charge in [0.1, 0.15) is 0 Å². The lowest BCUT2D eigenvalue weighted by Gasteiger charge is -2.48. The van der Waals surface area contributed by atoms with Gasteiger partial charge in [-0.2, -0.15) is 0 Å². The van der Waals surface area contributed by atoms with Gasteiger partial charge in [0.25, 0.3) is 5.91 Å². The highest BCUT2D eigenvalue weighted by Gasteiger charge is 2.39. The number of hydrogen-bond donors (Lipinski definition) is 0. The van der Waals surface area contributed by atoms with E-state index in [0.29, 0.717) is 11.1 Å². The highest BCUT2D eigenvalue weighted by molar-refractivity contribution is 7.03. The molecule has 0 N–H and O–H groups in total. The maximum atomic E-state index is 12.4. The fraction of sp³-hybridized carbons (Fsp3) is 0.529. The number of pyridine rings is 1. The number of piperidine rings is 2. The monoisotopic (exact) mass is 343 g/mol. The van der Waals surface area contributed by atoms with Gasteiger partial charge < -0.3 is 9.80 Å². The Balaban J connectivity index is 1.41. The molecule has 0 aliphatic carbocycles. The van der Waals surface area contributed by atoms with Crippen molar-refractivity contribution in [3.8, 4) is 0 Å². The molecule has 0 radical (unpaired) electrons. The molecule has 2 aromatic heterocycles. The fourth-order valence-electron chi connectivity index (χ4n) is 4.00. The first-order valence-electron chi connectivity index (χ1n) is 8.47. The molecule has 2 saturated heterocycles. The summed E-state index contributed by atoms with van der Waals surface area (Å²) in [6.07, 6.45) is 8.33. The normalized spacial score (nSPS) is 20.3. The van der Waals surface area contributed by atoms with Crippen molar-refractivity contribution in [2.24, 2.45) is 5.41 Å². The molecule has 0 saturated carbocycles. The maximum absolute atomic E-state index is 12.4. The van der Waals surface area contributed by atoms with Crippen molar-refractivity contribution in [3.63, 3.8) is 0 Å². The van der Waals surface area contributed by atoms with Gasteiger partial charge >= 0.3 is 0 Å². The Morgan fingerprint density at radius 3 is 2.62 bits per heavy atom. The van der Waals surface area contributed by atoms with Crippen LogP contribution >= 0.6 is 11.5 Å². The van der Waals surface area contributed by atoms with Crippen molar-refractivity contribution in [1.29, 1.82) is 0 Å². The number of hydrogen-bond acceptors (Lipinski definition) is 6. The van der Waals surface area contributed by atoms with Gasteiger partial charge in [-0.3, -0.25) is 9.78 Å². The maximum Gasteiger partial charge on any atom is 0.275 e. The van der Waals surface area contributed by atoms with Gasteiger partial charge in [-0.25, -0.2) is 0 Å². The summed E-state index contributed by atoms with van der Waals surface area (Å²) in [5.74, 6) is 0.0281. The second-order valence-corrected chi connectivity index (χ2v) is 7.42. The molecule has 4 heterocycles. The summed E-state index contributed by atoms with van der Waals surface area (Å²) in [5.41, 5.74) is 2.08. The Labute approximate surface area is 145 Å². The summed E-state index contributed by atoms with van der Waals surface area (Å²) in [4.78, 5) is 21.0. The molecule has 0 aromatic carbocycles. The lowest BCUT2D eigenvalue weighted by molar-refractivity contribution is 0.0536. The molecular formula is C17H21N5OS. The summed E-state index contributed by atoms with van der Waals surface area (Å²) < 4.78 is 3.80. The van der Waals surface area contributed by atoms with E-state index in [0.717, 1.165) is 39.0 Å². The molecule has 7 heteroatoms. The molecule has 6 nitrogen and oxygen atoms in total. The first-order chi connectivity index (χ1) is 11.8. The van der Waals surface area contributed by atoms with E-state index in [-0.39, 0.29) is 5.91 Å². The third-order valence-corrected chi connectivity index (χ3v) is 5.88. The largest absolute Gasteiger partial charge is 0.371 e. The number of carbonyl (C=O) groups is 1. The van der Waals surface area contributed by atoms with Gasteiger partial charge in [0.05, 0.1) is 0 Å². The zero-order valence-corrected chi connectivity index (χ0v) is 14.4. The fourth-order valence-corrected chi connectivity index (χ4v) is 4.43. The van der Waals surface area contributed by atoms with Crippen LogP contribution in [-0.4, -0.2) is 51.6 Å². The standard InChI is InChI=1S/C17H21N5OS/c23-16(15-12-24-20-19-15)21-10-5-17(6-11-21)4-1-9-22(13-17)14-2-7-18-8-3-14/h2-3,7-8,12H,1,4-6,9-11,13H2. The van der Waals surface area contributed by atoms with E-state index in [2.05, 4.69) is 31.6 Å². The van der Waals surface area contributed by atoms with Gasteiger partial charge in [0, 0.05) is 49.6 Å². The predicted molar refractivity (Wildman–Crippen MR) is 93.2 cm³/mol.